The number of nitrogens with one attached hydrogen (secondary N) is 1. The molecule has 1 fully saturated rings. The van der Waals surface area contributed by atoms with Crippen LogP contribution >= 0.6 is 0 Å². The van der Waals surface area contributed by atoms with Crippen molar-refractivity contribution in [2.45, 2.75) is 39.3 Å². The fourth-order valence-electron chi connectivity index (χ4n) is 3.24. The second kappa shape index (κ2) is 8.82. The minimum absolute atomic E-state index is 0.0473. The molecule has 1 N–H and O–H groups in total. The van der Waals surface area contributed by atoms with E-state index in [0.29, 0.717) is 30.9 Å². The van der Waals surface area contributed by atoms with Crippen LogP contribution in [0.5, 0.6) is 0 Å². The van der Waals surface area contributed by atoms with E-state index in [-0.39, 0.29) is 11.8 Å². The van der Waals surface area contributed by atoms with Crippen molar-refractivity contribution in [1.29, 1.82) is 0 Å². The molecule has 5 nitrogen and oxygen atoms in total. The summed E-state index contributed by atoms with van der Waals surface area (Å²) in [6.45, 7) is 5.82. The van der Waals surface area contributed by atoms with Crippen LogP contribution in [0, 0.1) is 6.92 Å². The van der Waals surface area contributed by atoms with E-state index in [0.717, 1.165) is 18.4 Å². The number of ether oxygens (including phenoxy) is 1. The Morgan fingerprint density at radius 2 is 2.00 bits per heavy atom. The minimum Gasteiger partial charge on any atom is -0.368 e. The van der Waals surface area contributed by atoms with Gasteiger partial charge in [0.2, 0.25) is 0 Å². The fourth-order valence-corrected chi connectivity index (χ4v) is 3.24. The third-order valence-electron chi connectivity index (χ3n) is 4.89. The van der Waals surface area contributed by atoms with Gasteiger partial charge in [-0.2, -0.15) is 0 Å². The predicted octanol–water partition coefficient (Wildman–Crippen LogP) is 3.77. The molecular formula is C22H26N2O3. The van der Waals surface area contributed by atoms with E-state index >= 15 is 0 Å². The highest BCUT2D eigenvalue weighted by atomic mass is 16.5. The van der Waals surface area contributed by atoms with E-state index in [4.69, 9.17) is 4.74 Å². The molecule has 1 aliphatic rings. The summed E-state index contributed by atoms with van der Waals surface area (Å²) < 4.78 is 5.41. The van der Waals surface area contributed by atoms with Crippen LogP contribution in [0.4, 0.5) is 5.69 Å². The molecule has 1 heterocycles. The fraction of sp³-hybridized carbons (Fsp3) is 0.364. The summed E-state index contributed by atoms with van der Waals surface area (Å²) in [7, 11) is 0. The SMILES string of the molecule is CCN(Cc1ccccc1C)C(=O)c1cccc(NC(=O)C2CCCO2)c1. The van der Waals surface area contributed by atoms with Gasteiger partial charge in [0.05, 0.1) is 0 Å². The van der Waals surface area contributed by atoms with Crippen molar-refractivity contribution in [3.63, 3.8) is 0 Å². The van der Waals surface area contributed by atoms with Gasteiger partial charge in [-0.1, -0.05) is 30.3 Å². The van der Waals surface area contributed by atoms with Crippen molar-refractivity contribution in [1.82, 2.24) is 4.90 Å². The second-order valence-corrected chi connectivity index (χ2v) is 6.82. The molecule has 27 heavy (non-hydrogen) atoms. The first kappa shape index (κ1) is 19.1. The number of benzene rings is 2. The molecular weight excluding hydrogens is 340 g/mol. The summed E-state index contributed by atoms with van der Waals surface area (Å²) in [5.41, 5.74) is 3.49. The van der Waals surface area contributed by atoms with Crippen molar-refractivity contribution >= 4 is 17.5 Å². The lowest BCUT2D eigenvalue weighted by Crippen LogP contribution is -2.31. The highest BCUT2D eigenvalue weighted by molar-refractivity contribution is 5.98. The molecule has 2 aromatic carbocycles. The third-order valence-corrected chi connectivity index (χ3v) is 4.89. The molecule has 0 spiro atoms. The zero-order valence-corrected chi connectivity index (χ0v) is 15.9. The third kappa shape index (κ3) is 4.74. The number of carbonyl (C=O) groups is 2. The monoisotopic (exact) mass is 366 g/mol. The Bertz CT molecular complexity index is 813. The number of anilines is 1. The summed E-state index contributed by atoms with van der Waals surface area (Å²) in [4.78, 5) is 27.0. The Balaban J connectivity index is 1.71. The molecule has 0 aliphatic carbocycles. The number of amides is 2. The normalized spacial score (nSPS) is 16.1. The number of hydrogen-bond acceptors (Lipinski definition) is 3. The molecule has 1 atom stereocenters. The summed E-state index contributed by atoms with van der Waals surface area (Å²) in [5, 5.41) is 2.86. The number of carbonyl (C=O) groups excluding carboxylic acids is 2. The Morgan fingerprint density at radius 3 is 2.70 bits per heavy atom. The number of nitrogens with zero attached hydrogens (tertiary/aromatic N) is 1. The van der Waals surface area contributed by atoms with Crippen LogP contribution in [0.3, 0.4) is 0 Å². The molecule has 1 unspecified atom stereocenters. The van der Waals surface area contributed by atoms with Gasteiger partial charge in [-0.05, 0) is 56.0 Å². The molecule has 0 radical (unpaired) electrons. The topological polar surface area (TPSA) is 58.6 Å². The predicted molar refractivity (Wildman–Crippen MR) is 106 cm³/mol. The molecule has 3 rings (SSSR count). The van der Waals surface area contributed by atoms with Gasteiger partial charge in [-0.15, -0.1) is 0 Å². The van der Waals surface area contributed by atoms with Crippen LogP contribution < -0.4 is 5.32 Å². The lowest BCUT2D eigenvalue weighted by Gasteiger charge is -2.22. The smallest absolute Gasteiger partial charge is 0.254 e. The summed E-state index contributed by atoms with van der Waals surface area (Å²) >= 11 is 0. The first-order valence-corrected chi connectivity index (χ1v) is 9.44. The quantitative estimate of drug-likeness (QED) is 0.846. The lowest BCUT2D eigenvalue weighted by atomic mass is 10.1. The molecule has 1 aliphatic heterocycles. The summed E-state index contributed by atoms with van der Waals surface area (Å²) in [6, 6.07) is 15.2. The van der Waals surface area contributed by atoms with Crippen LogP contribution in [0.15, 0.2) is 48.5 Å². The van der Waals surface area contributed by atoms with E-state index in [1.165, 1.54) is 5.56 Å². The molecule has 1 saturated heterocycles. The molecule has 2 amide bonds. The maximum atomic E-state index is 13.0. The zero-order valence-electron chi connectivity index (χ0n) is 15.9. The standard InChI is InChI=1S/C22H26N2O3/c1-3-24(15-18-9-5-4-8-16(18)2)22(26)17-10-6-11-19(14-17)23-21(25)20-12-7-13-27-20/h4-6,8-11,14,20H,3,7,12-13,15H2,1-2H3,(H,23,25). The van der Waals surface area contributed by atoms with Gasteiger partial charge in [0.1, 0.15) is 6.10 Å². The van der Waals surface area contributed by atoms with Crippen molar-refractivity contribution in [3.8, 4) is 0 Å². The van der Waals surface area contributed by atoms with Gasteiger partial charge in [-0.25, -0.2) is 0 Å². The van der Waals surface area contributed by atoms with E-state index in [9.17, 15) is 9.59 Å². The average Bonchev–Trinajstić information content (AvgIpc) is 3.22. The summed E-state index contributed by atoms with van der Waals surface area (Å²) in [6.07, 6.45) is 1.25. The van der Waals surface area contributed by atoms with E-state index in [2.05, 4.69) is 18.3 Å². The van der Waals surface area contributed by atoms with Gasteiger partial charge in [0, 0.05) is 30.9 Å². The molecule has 2 aromatic rings. The largest absolute Gasteiger partial charge is 0.368 e. The highest BCUT2D eigenvalue weighted by Crippen LogP contribution is 2.18. The van der Waals surface area contributed by atoms with Gasteiger partial charge in [0.25, 0.3) is 11.8 Å². The van der Waals surface area contributed by atoms with E-state index in [1.807, 2.05) is 30.0 Å². The number of aryl methyl sites for hydroxylation is 1. The first-order valence-electron chi connectivity index (χ1n) is 9.44. The van der Waals surface area contributed by atoms with Crippen LogP contribution in [0.2, 0.25) is 0 Å². The van der Waals surface area contributed by atoms with Crippen molar-refractivity contribution in [3.05, 3.63) is 65.2 Å². The molecule has 5 heteroatoms. The van der Waals surface area contributed by atoms with Gasteiger partial charge >= 0.3 is 0 Å². The maximum Gasteiger partial charge on any atom is 0.254 e. The average molecular weight is 366 g/mol. The Morgan fingerprint density at radius 1 is 1.19 bits per heavy atom. The number of rotatable bonds is 6. The van der Waals surface area contributed by atoms with Crippen LogP contribution in [-0.4, -0.2) is 36.0 Å². The molecule has 0 saturated carbocycles. The first-order chi connectivity index (χ1) is 13.1. The van der Waals surface area contributed by atoms with Crippen molar-refractivity contribution in [2.75, 3.05) is 18.5 Å². The Hall–Kier alpha value is -2.66. The maximum absolute atomic E-state index is 13.0. The molecule has 142 valence electrons. The van der Waals surface area contributed by atoms with E-state index < -0.39 is 6.10 Å². The Kier molecular flexibility index (Phi) is 6.24. The highest BCUT2D eigenvalue weighted by Gasteiger charge is 2.24. The van der Waals surface area contributed by atoms with Crippen LogP contribution in [0.1, 0.15) is 41.3 Å². The van der Waals surface area contributed by atoms with Crippen LogP contribution in [0.25, 0.3) is 0 Å². The summed E-state index contributed by atoms with van der Waals surface area (Å²) in [5.74, 6) is -0.196. The van der Waals surface area contributed by atoms with Crippen LogP contribution in [-0.2, 0) is 16.1 Å². The zero-order chi connectivity index (χ0) is 19.2. The Labute approximate surface area is 160 Å². The molecule has 0 bridgehead atoms. The second-order valence-electron chi connectivity index (χ2n) is 6.82. The number of hydrogen-bond donors (Lipinski definition) is 1. The van der Waals surface area contributed by atoms with Gasteiger partial charge in [-0.3, -0.25) is 9.59 Å². The van der Waals surface area contributed by atoms with Gasteiger partial charge in [0.15, 0.2) is 0 Å². The van der Waals surface area contributed by atoms with Crippen molar-refractivity contribution in [2.24, 2.45) is 0 Å². The minimum atomic E-state index is -0.391. The van der Waals surface area contributed by atoms with E-state index in [1.54, 1.807) is 24.3 Å². The van der Waals surface area contributed by atoms with Crippen molar-refractivity contribution < 1.29 is 14.3 Å². The lowest BCUT2D eigenvalue weighted by molar-refractivity contribution is -0.124. The molecule has 0 aromatic heterocycles. The van der Waals surface area contributed by atoms with Gasteiger partial charge < -0.3 is 15.0 Å².